The third-order valence-electron chi connectivity index (χ3n) is 2.67. The van der Waals surface area contributed by atoms with E-state index in [1.54, 1.807) is 6.07 Å². The second-order valence-electron chi connectivity index (χ2n) is 4.65. The Hall–Kier alpha value is -2.13. The van der Waals surface area contributed by atoms with E-state index in [-0.39, 0.29) is 17.4 Å². The molecule has 1 rings (SSSR count). The fourth-order valence-corrected chi connectivity index (χ4v) is 1.67. The molecule has 20 heavy (non-hydrogen) atoms. The molecule has 0 amide bonds. The molecule has 0 radical (unpaired) electrons. The van der Waals surface area contributed by atoms with E-state index in [2.05, 4.69) is 5.32 Å². The SMILES string of the molecule is CC(C)OCCCCNc1ccc(C#N)c([N+](=O)[O-])c1. The average Bonchev–Trinajstić information content (AvgIpc) is 2.42. The number of hydrogen-bond acceptors (Lipinski definition) is 5. The molecule has 0 unspecified atom stereocenters. The Kier molecular flexibility index (Phi) is 6.47. The topological polar surface area (TPSA) is 88.2 Å². The van der Waals surface area contributed by atoms with Crippen LogP contribution in [0.2, 0.25) is 0 Å². The summed E-state index contributed by atoms with van der Waals surface area (Å²) in [6.07, 6.45) is 2.09. The summed E-state index contributed by atoms with van der Waals surface area (Å²) in [7, 11) is 0. The Balaban J connectivity index is 2.43. The molecule has 1 aromatic rings. The summed E-state index contributed by atoms with van der Waals surface area (Å²) in [5.41, 5.74) is 0.562. The molecule has 0 saturated heterocycles. The van der Waals surface area contributed by atoms with Crippen LogP contribution in [0.4, 0.5) is 11.4 Å². The molecule has 0 heterocycles. The van der Waals surface area contributed by atoms with Gasteiger partial charge in [-0.1, -0.05) is 0 Å². The molecular formula is C14H19N3O3. The number of hydrogen-bond donors (Lipinski definition) is 1. The fraction of sp³-hybridized carbons (Fsp3) is 0.500. The molecule has 0 fully saturated rings. The highest BCUT2D eigenvalue weighted by Crippen LogP contribution is 2.22. The molecule has 1 aromatic carbocycles. The van der Waals surface area contributed by atoms with Crippen LogP contribution in [0.1, 0.15) is 32.3 Å². The molecule has 6 heteroatoms. The van der Waals surface area contributed by atoms with Crippen LogP contribution in [0.15, 0.2) is 18.2 Å². The van der Waals surface area contributed by atoms with E-state index >= 15 is 0 Å². The van der Waals surface area contributed by atoms with Crippen molar-refractivity contribution in [1.82, 2.24) is 0 Å². The van der Waals surface area contributed by atoms with Gasteiger partial charge in [-0.15, -0.1) is 0 Å². The van der Waals surface area contributed by atoms with Crippen molar-refractivity contribution in [3.63, 3.8) is 0 Å². The minimum absolute atomic E-state index is 0.0749. The quantitative estimate of drug-likeness (QED) is 0.448. The van der Waals surface area contributed by atoms with E-state index in [9.17, 15) is 10.1 Å². The number of rotatable bonds is 8. The second kappa shape index (κ2) is 8.12. The zero-order valence-corrected chi connectivity index (χ0v) is 11.8. The van der Waals surface area contributed by atoms with Crippen LogP contribution >= 0.6 is 0 Å². The van der Waals surface area contributed by atoms with Crippen LogP contribution in [-0.2, 0) is 4.74 Å². The molecule has 1 N–H and O–H groups in total. The summed E-state index contributed by atoms with van der Waals surface area (Å²) >= 11 is 0. The molecular weight excluding hydrogens is 258 g/mol. The number of ether oxygens (including phenoxy) is 1. The molecule has 0 spiro atoms. The van der Waals surface area contributed by atoms with Crippen molar-refractivity contribution in [2.75, 3.05) is 18.5 Å². The van der Waals surface area contributed by atoms with Gasteiger partial charge in [-0.2, -0.15) is 5.26 Å². The van der Waals surface area contributed by atoms with Crippen molar-refractivity contribution < 1.29 is 9.66 Å². The zero-order valence-electron chi connectivity index (χ0n) is 11.8. The van der Waals surface area contributed by atoms with Crippen LogP contribution in [0.25, 0.3) is 0 Å². The third kappa shape index (κ3) is 5.24. The van der Waals surface area contributed by atoms with Crippen molar-refractivity contribution in [3.8, 4) is 6.07 Å². The number of nitrogens with one attached hydrogen (secondary N) is 1. The predicted molar refractivity (Wildman–Crippen MR) is 76.6 cm³/mol. The van der Waals surface area contributed by atoms with Crippen molar-refractivity contribution in [2.24, 2.45) is 0 Å². The van der Waals surface area contributed by atoms with Crippen molar-refractivity contribution in [3.05, 3.63) is 33.9 Å². The van der Waals surface area contributed by atoms with Gasteiger partial charge >= 0.3 is 0 Å². The first-order valence-corrected chi connectivity index (χ1v) is 6.58. The lowest BCUT2D eigenvalue weighted by Gasteiger charge is -2.08. The average molecular weight is 277 g/mol. The monoisotopic (exact) mass is 277 g/mol. The predicted octanol–water partition coefficient (Wildman–Crippen LogP) is 3.08. The van der Waals surface area contributed by atoms with E-state index in [0.29, 0.717) is 18.8 Å². The molecule has 0 aromatic heterocycles. The molecule has 6 nitrogen and oxygen atoms in total. The maximum Gasteiger partial charge on any atom is 0.289 e. The highest BCUT2D eigenvalue weighted by Gasteiger charge is 2.13. The van der Waals surface area contributed by atoms with Gasteiger partial charge in [0.05, 0.1) is 11.0 Å². The third-order valence-corrected chi connectivity index (χ3v) is 2.67. The largest absolute Gasteiger partial charge is 0.385 e. The van der Waals surface area contributed by atoms with Crippen molar-refractivity contribution in [2.45, 2.75) is 32.8 Å². The number of benzene rings is 1. The summed E-state index contributed by atoms with van der Waals surface area (Å²) in [6, 6.07) is 6.34. The Morgan fingerprint density at radius 1 is 1.45 bits per heavy atom. The lowest BCUT2D eigenvalue weighted by molar-refractivity contribution is -0.385. The Morgan fingerprint density at radius 2 is 2.20 bits per heavy atom. The number of nitriles is 1. The minimum atomic E-state index is -0.541. The Labute approximate surface area is 118 Å². The molecule has 0 aliphatic carbocycles. The first-order chi connectivity index (χ1) is 9.54. The van der Waals surface area contributed by atoms with Crippen LogP contribution in [-0.4, -0.2) is 24.2 Å². The number of anilines is 1. The number of unbranched alkanes of at least 4 members (excludes halogenated alkanes) is 1. The van der Waals surface area contributed by atoms with E-state index in [0.717, 1.165) is 12.8 Å². The molecule has 0 aliphatic rings. The first kappa shape index (κ1) is 15.9. The van der Waals surface area contributed by atoms with Gasteiger partial charge in [-0.25, -0.2) is 0 Å². The molecule has 108 valence electrons. The molecule has 0 aliphatic heterocycles. The van der Waals surface area contributed by atoms with Crippen LogP contribution in [0.5, 0.6) is 0 Å². The minimum Gasteiger partial charge on any atom is -0.385 e. The van der Waals surface area contributed by atoms with Gasteiger partial charge in [0, 0.05) is 24.9 Å². The zero-order chi connectivity index (χ0) is 15.0. The van der Waals surface area contributed by atoms with Gasteiger partial charge in [0.2, 0.25) is 0 Å². The Morgan fingerprint density at radius 3 is 2.80 bits per heavy atom. The highest BCUT2D eigenvalue weighted by atomic mass is 16.6. The maximum absolute atomic E-state index is 10.8. The van der Waals surface area contributed by atoms with Gasteiger partial charge in [0.15, 0.2) is 0 Å². The molecule has 0 atom stereocenters. The number of nitro groups is 1. The van der Waals surface area contributed by atoms with Gasteiger partial charge in [0.25, 0.3) is 5.69 Å². The lowest BCUT2D eigenvalue weighted by atomic mass is 10.1. The maximum atomic E-state index is 10.8. The van der Waals surface area contributed by atoms with Crippen molar-refractivity contribution in [1.29, 1.82) is 5.26 Å². The second-order valence-corrected chi connectivity index (χ2v) is 4.65. The molecule has 0 saturated carbocycles. The summed E-state index contributed by atoms with van der Waals surface area (Å²) in [6.45, 7) is 5.42. The number of nitrogens with zero attached hydrogens (tertiary/aromatic N) is 2. The standard InChI is InChI=1S/C14H19N3O3/c1-11(2)20-8-4-3-7-16-13-6-5-12(10-15)14(9-13)17(18)19/h5-6,9,11,16H,3-4,7-8H2,1-2H3. The number of nitro benzene ring substituents is 1. The summed E-state index contributed by atoms with van der Waals surface area (Å²) in [5, 5.41) is 22.7. The van der Waals surface area contributed by atoms with E-state index in [1.165, 1.54) is 12.1 Å². The van der Waals surface area contributed by atoms with E-state index in [4.69, 9.17) is 10.00 Å². The van der Waals surface area contributed by atoms with Crippen molar-refractivity contribution >= 4 is 11.4 Å². The summed E-state index contributed by atoms with van der Waals surface area (Å²) in [4.78, 5) is 10.3. The Bertz CT molecular complexity index is 495. The fourth-order valence-electron chi connectivity index (χ4n) is 1.67. The van der Waals surface area contributed by atoms with Crippen LogP contribution in [0.3, 0.4) is 0 Å². The highest BCUT2D eigenvalue weighted by molar-refractivity contribution is 5.59. The van der Waals surface area contributed by atoms with E-state index < -0.39 is 4.92 Å². The summed E-state index contributed by atoms with van der Waals surface area (Å²) in [5.74, 6) is 0. The van der Waals surface area contributed by atoms with Crippen LogP contribution in [0, 0.1) is 21.4 Å². The van der Waals surface area contributed by atoms with Crippen LogP contribution < -0.4 is 5.32 Å². The van der Waals surface area contributed by atoms with Gasteiger partial charge < -0.3 is 10.1 Å². The van der Waals surface area contributed by atoms with Gasteiger partial charge in [-0.3, -0.25) is 10.1 Å². The van der Waals surface area contributed by atoms with E-state index in [1.807, 2.05) is 19.9 Å². The lowest BCUT2D eigenvalue weighted by Crippen LogP contribution is -2.07. The first-order valence-electron chi connectivity index (χ1n) is 6.58. The van der Waals surface area contributed by atoms with Gasteiger partial charge in [0.1, 0.15) is 11.6 Å². The normalized spacial score (nSPS) is 10.3. The van der Waals surface area contributed by atoms with Gasteiger partial charge in [-0.05, 0) is 38.8 Å². The smallest absolute Gasteiger partial charge is 0.289 e. The molecule has 0 bridgehead atoms. The summed E-state index contributed by atoms with van der Waals surface area (Å²) < 4.78 is 5.42.